The number of H-pyrrole nitrogens is 1. The molecular formula is C12H8BrN3O. The van der Waals surface area contributed by atoms with E-state index in [1.165, 1.54) is 6.92 Å². The molecule has 4 nitrogen and oxygen atoms in total. The fourth-order valence-electron chi connectivity index (χ4n) is 1.46. The molecular weight excluding hydrogens is 282 g/mol. The van der Waals surface area contributed by atoms with Gasteiger partial charge >= 0.3 is 0 Å². The normalized spacial score (nSPS) is 11.5. The lowest BCUT2D eigenvalue weighted by Gasteiger charge is -1.96. The molecule has 0 aliphatic rings. The molecule has 2 rings (SSSR count). The number of carbonyl (C=O) groups is 1. The monoisotopic (exact) mass is 289 g/mol. The molecule has 0 radical (unpaired) electrons. The molecule has 0 amide bonds. The van der Waals surface area contributed by atoms with E-state index >= 15 is 0 Å². The van der Waals surface area contributed by atoms with Crippen molar-refractivity contribution in [2.24, 2.45) is 0 Å². The van der Waals surface area contributed by atoms with Crippen LogP contribution >= 0.6 is 15.9 Å². The first-order valence-corrected chi connectivity index (χ1v) is 5.65. The van der Waals surface area contributed by atoms with Gasteiger partial charge in [0.05, 0.1) is 12.1 Å². The molecule has 84 valence electrons. The zero-order valence-corrected chi connectivity index (χ0v) is 10.6. The third-order valence-corrected chi connectivity index (χ3v) is 2.92. The van der Waals surface area contributed by atoms with E-state index in [2.05, 4.69) is 31.0 Å². The maximum atomic E-state index is 11.2. The Morgan fingerprint density at radius 2 is 2.35 bits per heavy atom. The fraction of sp³-hybridized carbons (Fsp3) is 0.0833. The van der Waals surface area contributed by atoms with Gasteiger partial charge in [-0.15, -0.1) is 0 Å². The smallest absolute Gasteiger partial charge is 0.229 e. The van der Waals surface area contributed by atoms with Crippen LogP contribution in [0, 0.1) is 6.57 Å². The van der Waals surface area contributed by atoms with Crippen LogP contribution in [-0.4, -0.2) is 16.0 Å². The average Bonchev–Trinajstić information content (AvgIpc) is 2.67. The van der Waals surface area contributed by atoms with Gasteiger partial charge in [0, 0.05) is 5.39 Å². The van der Waals surface area contributed by atoms with Gasteiger partial charge in [0.2, 0.25) is 5.70 Å². The van der Waals surface area contributed by atoms with Crippen molar-refractivity contribution in [3.8, 4) is 0 Å². The van der Waals surface area contributed by atoms with E-state index in [0.717, 1.165) is 21.1 Å². The van der Waals surface area contributed by atoms with Gasteiger partial charge in [-0.25, -0.2) is 4.85 Å². The van der Waals surface area contributed by atoms with E-state index in [1.807, 2.05) is 18.2 Å². The van der Waals surface area contributed by atoms with Crippen LogP contribution in [0.1, 0.15) is 12.5 Å². The summed E-state index contributed by atoms with van der Waals surface area (Å²) in [7, 11) is 0. The molecule has 0 aliphatic carbocycles. The molecule has 5 heteroatoms. The number of hydrogen-bond acceptors (Lipinski definition) is 2. The summed E-state index contributed by atoms with van der Waals surface area (Å²) >= 11 is 3.35. The van der Waals surface area contributed by atoms with Crippen molar-refractivity contribution in [3.63, 3.8) is 0 Å². The van der Waals surface area contributed by atoms with Gasteiger partial charge in [-0.1, -0.05) is 6.07 Å². The second kappa shape index (κ2) is 4.52. The molecule has 0 aliphatic heterocycles. The quantitative estimate of drug-likeness (QED) is 0.682. The number of fused-ring (bicyclic) bond motifs is 1. The van der Waals surface area contributed by atoms with E-state index in [0.29, 0.717) is 0 Å². The maximum absolute atomic E-state index is 11.2. The van der Waals surface area contributed by atoms with Gasteiger partial charge in [-0.3, -0.25) is 5.10 Å². The Hall–Kier alpha value is -1.93. The zero-order chi connectivity index (χ0) is 12.4. The highest BCUT2D eigenvalue weighted by molar-refractivity contribution is 9.10. The van der Waals surface area contributed by atoms with Crippen LogP contribution in [0.2, 0.25) is 0 Å². The molecule has 1 N–H and O–H groups in total. The molecule has 2 aromatic rings. The van der Waals surface area contributed by atoms with Crippen molar-refractivity contribution < 1.29 is 4.79 Å². The molecule has 17 heavy (non-hydrogen) atoms. The van der Waals surface area contributed by atoms with Crippen molar-refractivity contribution in [2.45, 2.75) is 6.92 Å². The molecule has 0 spiro atoms. The van der Waals surface area contributed by atoms with Crippen LogP contribution in [-0.2, 0) is 4.79 Å². The lowest BCUT2D eigenvalue weighted by molar-refractivity contribution is -0.113. The fourth-order valence-corrected chi connectivity index (χ4v) is 1.86. The van der Waals surface area contributed by atoms with Gasteiger partial charge in [-0.2, -0.15) is 5.10 Å². The number of aromatic nitrogens is 2. The topological polar surface area (TPSA) is 50.1 Å². The highest BCUT2D eigenvalue weighted by Crippen LogP contribution is 2.23. The van der Waals surface area contributed by atoms with E-state index in [1.54, 1.807) is 6.08 Å². The van der Waals surface area contributed by atoms with E-state index in [4.69, 9.17) is 6.57 Å². The van der Waals surface area contributed by atoms with Crippen LogP contribution in [0.4, 0.5) is 0 Å². The number of rotatable bonds is 2. The molecule has 0 atom stereocenters. The van der Waals surface area contributed by atoms with Crippen molar-refractivity contribution in [2.75, 3.05) is 0 Å². The molecule has 0 fully saturated rings. The minimum atomic E-state index is -0.230. The minimum absolute atomic E-state index is 0.129. The minimum Gasteiger partial charge on any atom is -0.308 e. The number of allylic oxidation sites excluding steroid dienone is 1. The second-order valence-corrected chi connectivity index (χ2v) is 4.30. The Labute approximate surface area is 106 Å². The summed E-state index contributed by atoms with van der Waals surface area (Å²) in [5.41, 5.74) is 1.77. The Balaban J connectivity index is 2.54. The highest BCUT2D eigenvalue weighted by atomic mass is 79.9. The number of Topliss-reactive ketones (excluding diaryl/α,β-unsaturated/α-hetero) is 1. The molecule has 1 aromatic heterocycles. The van der Waals surface area contributed by atoms with Crippen molar-refractivity contribution >= 4 is 38.7 Å². The van der Waals surface area contributed by atoms with Gasteiger partial charge in [0.15, 0.2) is 5.78 Å². The maximum Gasteiger partial charge on any atom is 0.229 e. The Morgan fingerprint density at radius 1 is 1.59 bits per heavy atom. The predicted molar refractivity (Wildman–Crippen MR) is 69.1 cm³/mol. The summed E-state index contributed by atoms with van der Waals surface area (Å²) in [6.07, 6.45) is 1.58. The Morgan fingerprint density at radius 3 is 3.00 bits per heavy atom. The summed E-state index contributed by atoms with van der Waals surface area (Å²) in [5, 5.41) is 7.81. The van der Waals surface area contributed by atoms with E-state index < -0.39 is 0 Å². The van der Waals surface area contributed by atoms with Gasteiger partial charge in [0.1, 0.15) is 4.60 Å². The molecule has 1 aromatic carbocycles. The molecule has 0 saturated heterocycles. The number of ketones is 1. The van der Waals surface area contributed by atoms with E-state index in [-0.39, 0.29) is 11.5 Å². The van der Waals surface area contributed by atoms with Crippen LogP contribution in [0.5, 0.6) is 0 Å². The first kappa shape index (κ1) is 11.6. The predicted octanol–water partition coefficient (Wildman–Crippen LogP) is 3.17. The SMILES string of the molecule is [C-]#[N+]C(=Cc1ccc2n[nH]c(Br)c2c1)C(C)=O. The zero-order valence-electron chi connectivity index (χ0n) is 8.99. The summed E-state index contributed by atoms with van der Waals surface area (Å²) in [4.78, 5) is 14.3. The highest BCUT2D eigenvalue weighted by Gasteiger charge is 2.05. The number of hydrogen-bond donors (Lipinski definition) is 1. The number of carbonyl (C=O) groups excluding carboxylic acids is 1. The summed E-state index contributed by atoms with van der Waals surface area (Å²) in [6.45, 7) is 8.31. The average molecular weight is 290 g/mol. The van der Waals surface area contributed by atoms with Crippen molar-refractivity contribution in [1.82, 2.24) is 10.2 Å². The number of halogens is 1. The van der Waals surface area contributed by atoms with Crippen LogP contribution < -0.4 is 0 Å². The number of benzene rings is 1. The molecule has 1 heterocycles. The first-order valence-electron chi connectivity index (χ1n) is 4.85. The largest absolute Gasteiger partial charge is 0.308 e. The van der Waals surface area contributed by atoms with Gasteiger partial charge in [0.25, 0.3) is 0 Å². The number of aromatic amines is 1. The van der Waals surface area contributed by atoms with Crippen LogP contribution in [0.15, 0.2) is 28.5 Å². The summed E-state index contributed by atoms with van der Waals surface area (Å²) in [6, 6.07) is 5.53. The van der Waals surface area contributed by atoms with Crippen LogP contribution in [0.3, 0.4) is 0 Å². The Bertz CT molecular complexity index is 664. The first-order chi connectivity index (χ1) is 8.11. The van der Waals surface area contributed by atoms with Gasteiger partial charge in [-0.05, 0) is 46.6 Å². The lowest BCUT2D eigenvalue weighted by atomic mass is 10.1. The summed E-state index contributed by atoms with van der Waals surface area (Å²) in [5.74, 6) is -0.230. The van der Waals surface area contributed by atoms with Crippen LogP contribution in [0.25, 0.3) is 21.8 Å². The standard InChI is InChI=1S/C12H8BrN3O/c1-7(17)11(14-2)6-8-3-4-10-9(5-8)12(13)16-15-10/h3-6H,1H3,(H,15,16). The number of nitrogens with one attached hydrogen (secondary N) is 1. The Kier molecular flexibility index (Phi) is 3.07. The lowest BCUT2D eigenvalue weighted by Crippen LogP contribution is -1.90. The second-order valence-electron chi connectivity index (χ2n) is 3.51. The summed E-state index contributed by atoms with van der Waals surface area (Å²) < 4.78 is 0.787. The third kappa shape index (κ3) is 2.27. The van der Waals surface area contributed by atoms with Gasteiger partial charge < -0.3 is 4.79 Å². The molecule has 0 bridgehead atoms. The third-order valence-electron chi connectivity index (χ3n) is 2.32. The molecule has 0 unspecified atom stereocenters. The molecule has 0 saturated carbocycles. The van der Waals surface area contributed by atoms with Crippen molar-refractivity contribution in [1.29, 1.82) is 0 Å². The van der Waals surface area contributed by atoms with E-state index in [9.17, 15) is 4.79 Å². The number of nitrogens with zero attached hydrogens (tertiary/aromatic N) is 2. The van der Waals surface area contributed by atoms with Crippen molar-refractivity contribution in [3.05, 3.63) is 45.5 Å².